The van der Waals surface area contributed by atoms with Crippen molar-refractivity contribution in [3.63, 3.8) is 0 Å². The molecule has 9 nitrogen and oxygen atoms in total. The standard InChI is InChI=1S/C11H14N4O5/c1-19-10-5-2-14-15(9(5)12-4-13-10)11-8(18)7(17)6(3-16)20-11/h2,4,6-8,11,16-18H,3H2,1H3/t6-,7-,8-,11-/m1/s1. The maximum atomic E-state index is 10.00. The van der Waals surface area contributed by atoms with Gasteiger partial charge in [0.15, 0.2) is 11.9 Å². The van der Waals surface area contributed by atoms with Gasteiger partial charge in [0, 0.05) is 0 Å². The highest BCUT2D eigenvalue weighted by atomic mass is 16.6. The molecule has 0 saturated carbocycles. The maximum absolute atomic E-state index is 10.00. The summed E-state index contributed by atoms with van der Waals surface area (Å²) in [6.45, 7) is -0.397. The zero-order valence-electron chi connectivity index (χ0n) is 10.6. The lowest BCUT2D eigenvalue weighted by Crippen LogP contribution is -2.33. The quantitative estimate of drug-likeness (QED) is 0.618. The van der Waals surface area contributed by atoms with Crippen molar-refractivity contribution in [2.24, 2.45) is 0 Å². The van der Waals surface area contributed by atoms with E-state index in [1.807, 2.05) is 0 Å². The van der Waals surface area contributed by atoms with Gasteiger partial charge >= 0.3 is 0 Å². The number of nitrogens with zero attached hydrogens (tertiary/aromatic N) is 4. The van der Waals surface area contributed by atoms with E-state index in [1.165, 1.54) is 24.3 Å². The summed E-state index contributed by atoms with van der Waals surface area (Å²) in [7, 11) is 1.48. The topological polar surface area (TPSA) is 123 Å². The summed E-state index contributed by atoms with van der Waals surface area (Å²) in [5.41, 5.74) is 0.409. The zero-order chi connectivity index (χ0) is 14.3. The van der Waals surface area contributed by atoms with Gasteiger partial charge in [-0.15, -0.1) is 0 Å². The van der Waals surface area contributed by atoms with Crippen molar-refractivity contribution in [2.45, 2.75) is 24.5 Å². The Labute approximate surface area is 113 Å². The van der Waals surface area contributed by atoms with Gasteiger partial charge in [0.05, 0.1) is 19.9 Å². The van der Waals surface area contributed by atoms with Crippen molar-refractivity contribution >= 4 is 11.0 Å². The first-order chi connectivity index (χ1) is 9.67. The van der Waals surface area contributed by atoms with Gasteiger partial charge in [-0.3, -0.25) is 0 Å². The molecule has 9 heteroatoms. The molecule has 0 aliphatic carbocycles. The summed E-state index contributed by atoms with van der Waals surface area (Å²) in [5, 5.41) is 33.5. The van der Waals surface area contributed by atoms with Gasteiger partial charge in [0.1, 0.15) is 30.0 Å². The highest BCUT2D eigenvalue weighted by Crippen LogP contribution is 2.32. The van der Waals surface area contributed by atoms with Crippen LogP contribution < -0.4 is 4.74 Å². The van der Waals surface area contributed by atoms with Crippen LogP contribution in [-0.2, 0) is 4.74 Å². The number of aliphatic hydroxyl groups is 3. The van der Waals surface area contributed by atoms with Crippen molar-refractivity contribution in [1.82, 2.24) is 19.7 Å². The lowest BCUT2D eigenvalue weighted by atomic mass is 10.1. The fraction of sp³-hybridized carbons (Fsp3) is 0.545. The Morgan fingerprint density at radius 1 is 1.35 bits per heavy atom. The van der Waals surface area contributed by atoms with Crippen LogP contribution in [0.1, 0.15) is 6.23 Å². The first kappa shape index (κ1) is 13.2. The fourth-order valence-corrected chi connectivity index (χ4v) is 2.27. The third-order valence-corrected chi connectivity index (χ3v) is 3.31. The van der Waals surface area contributed by atoms with Gasteiger partial charge in [0.25, 0.3) is 0 Å². The minimum atomic E-state index is -1.21. The molecule has 0 amide bonds. The molecule has 0 radical (unpaired) electrons. The Balaban J connectivity index is 2.03. The lowest BCUT2D eigenvalue weighted by Gasteiger charge is -2.15. The van der Waals surface area contributed by atoms with Gasteiger partial charge in [-0.05, 0) is 0 Å². The normalized spacial score (nSPS) is 30.0. The van der Waals surface area contributed by atoms with E-state index in [1.54, 1.807) is 0 Å². The number of rotatable bonds is 3. The van der Waals surface area contributed by atoms with Crippen molar-refractivity contribution in [3.05, 3.63) is 12.5 Å². The van der Waals surface area contributed by atoms with Crippen LogP contribution in [0, 0.1) is 0 Å². The molecule has 1 saturated heterocycles. The molecule has 3 rings (SSSR count). The molecular weight excluding hydrogens is 268 g/mol. The molecule has 4 atom stereocenters. The van der Waals surface area contributed by atoms with E-state index in [2.05, 4.69) is 15.1 Å². The summed E-state index contributed by atoms with van der Waals surface area (Å²) in [4.78, 5) is 8.03. The van der Waals surface area contributed by atoms with E-state index in [-0.39, 0.29) is 0 Å². The van der Waals surface area contributed by atoms with Crippen molar-refractivity contribution < 1.29 is 24.8 Å². The molecule has 0 unspecified atom stereocenters. The predicted molar refractivity (Wildman–Crippen MR) is 64.9 cm³/mol. The minimum Gasteiger partial charge on any atom is -0.480 e. The lowest BCUT2D eigenvalue weighted by molar-refractivity contribution is -0.0566. The highest BCUT2D eigenvalue weighted by molar-refractivity contribution is 5.79. The molecule has 1 fully saturated rings. The average molecular weight is 282 g/mol. The number of fused-ring (bicyclic) bond motifs is 1. The largest absolute Gasteiger partial charge is 0.480 e. The monoisotopic (exact) mass is 282 g/mol. The smallest absolute Gasteiger partial charge is 0.227 e. The highest BCUT2D eigenvalue weighted by Gasteiger charge is 2.44. The van der Waals surface area contributed by atoms with Gasteiger partial charge in [-0.2, -0.15) is 5.10 Å². The van der Waals surface area contributed by atoms with Crippen LogP contribution in [0.4, 0.5) is 0 Å². The minimum absolute atomic E-state index is 0.355. The molecule has 0 aromatic carbocycles. The fourth-order valence-electron chi connectivity index (χ4n) is 2.27. The number of aromatic nitrogens is 4. The number of ether oxygens (including phenoxy) is 2. The Hall–Kier alpha value is -1.81. The SMILES string of the molecule is COc1ncnc2c1cnn2[C@@H]1O[C@H](CO)[C@@H](O)[C@H]1O. The molecule has 2 aromatic rings. The van der Waals surface area contributed by atoms with E-state index in [0.29, 0.717) is 16.9 Å². The van der Waals surface area contributed by atoms with Crippen LogP contribution in [0.5, 0.6) is 5.88 Å². The summed E-state index contributed by atoms with van der Waals surface area (Å²) in [5.74, 6) is 0.355. The number of hydrogen-bond acceptors (Lipinski definition) is 8. The third-order valence-electron chi connectivity index (χ3n) is 3.31. The van der Waals surface area contributed by atoms with Crippen molar-refractivity contribution in [2.75, 3.05) is 13.7 Å². The van der Waals surface area contributed by atoms with E-state index >= 15 is 0 Å². The second-order valence-corrected chi connectivity index (χ2v) is 4.44. The molecule has 3 heterocycles. The summed E-state index contributed by atoms with van der Waals surface area (Å²) in [6, 6.07) is 0. The molecular formula is C11H14N4O5. The second kappa shape index (κ2) is 4.94. The second-order valence-electron chi connectivity index (χ2n) is 4.44. The molecule has 0 bridgehead atoms. The summed E-state index contributed by atoms with van der Waals surface area (Å²) in [6.07, 6.45) is -1.40. The van der Waals surface area contributed by atoms with Crippen LogP contribution in [0.2, 0.25) is 0 Å². The summed E-state index contributed by atoms with van der Waals surface area (Å²) >= 11 is 0. The van der Waals surface area contributed by atoms with Crippen LogP contribution >= 0.6 is 0 Å². The molecule has 0 spiro atoms. The Morgan fingerprint density at radius 2 is 2.15 bits per heavy atom. The number of hydrogen-bond donors (Lipinski definition) is 3. The molecule has 20 heavy (non-hydrogen) atoms. The molecule has 1 aliphatic rings. The Kier molecular flexibility index (Phi) is 3.26. The third kappa shape index (κ3) is 1.83. The van der Waals surface area contributed by atoms with Gasteiger partial charge in [0.2, 0.25) is 5.88 Å². The van der Waals surface area contributed by atoms with Crippen LogP contribution in [0.15, 0.2) is 12.5 Å². The van der Waals surface area contributed by atoms with Crippen molar-refractivity contribution in [3.8, 4) is 5.88 Å². The van der Waals surface area contributed by atoms with Gasteiger partial charge in [-0.1, -0.05) is 0 Å². The first-order valence-electron chi connectivity index (χ1n) is 6.02. The van der Waals surface area contributed by atoms with Crippen LogP contribution in [0.3, 0.4) is 0 Å². The van der Waals surface area contributed by atoms with Crippen LogP contribution in [0.25, 0.3) is 11.0 Å². The molecule has 3 N–H and O–H groups in total. The van der Waals surface area contributed by atoms with E-state index in [9.17, 15) is 10.2 Å². The van der Waals surface area contributed by atoms with E-state index in [4.69, 9.17) is 14.6 Å². The van der Waals surface area contributed by atoms with Gasteiger partial charge in [-0.25, -0.2) is 14.6 Å². The molecule has 108 valence electrons. The predicted octanol–water partition coefficient (Wildman–Crippen LogP) is -1.55. The Bertz CT molecular complexity index is 618. The molecule has 2 aromatic heterocycles. The van der Waals surface area contributed by atoms with E-state index in [0.717, 1.165) is 0 Å². The van der Waals surface area contributed by atoms with Crippen molar-refractivity contribution in [1.29, 1.82) is 0 Å². The number of methoxy groups -OCH3 is 1. The van der Waals surface area contributed by atoms with Gasteiger partial charge < -0.3 is 24.8 Å². The van der Waals surface area contributed by atoms with Crippen LogP contribution in [-0.4, -0.2) is 67.1 Å². The Morgan fingerprint density at radius 3 is 2.80 bits per heavy atom. The molecule has 1 aliphatic heterocycles. The maximum Gasteiger partial charge on any atom is 0.227 e. The van der Waals surface area contributed by atoms with E-state index < -0.39 is 31.1 Å². The summed E-state index contributed by atoms with van der Waals surface area (Å²) < 4.78 is 11.8. The average Bonchev–Trinajstić information content (AvgIpc) is 3.01. The number of aliphatic hydroxyl groups excluding tert-OH is 3. The first-order valence-corrected chi connectivity index (χ1v) is 6.02. The zero-order valence-corrected chi connectivity index (χ0v) is 10.6.